The van der Waals surface area contributed by atoms with Crippen molar-refractivity contribution < 1.29 is 9.84 Å². The fraction of sp³-hybridized carbons (Fsp3) is 0.200. The van der Waals surface area contributed by atoms with Gasteiger partial charge in [-0.1, -0.05) is 35.3 Å². The molecule has 0 spiro atoms. The van der Waals surface area contributed by atoms with Gasteiger partial charge in [-0.15, -0.1) is 0 Å². The van der Waals surface area contributed by atoms with Crippen molar-refractivity contribution in [3.05, 3.63) is 63.1 Å². The van der Waals surface area contributed by atoms with Crippen LogP contribution in [0.2, 0.25) is 10.0 Å². The van der Waals surface area contributed by atoms with Gasteiger partial charge in [-0.2, -0.15) is 0 Å². The lowest BCUT2D eigenvalue weighted by Crippen LogP contribution is -2.00. The van der Waals surface area contributed by atoms with Gasteiger partial charge in [0.15, 0.2) is 0 Å². The molecule has 98 valence electrons. The molecule has 3 rings (SSSR count). The summed E-state index contributed by atoms with van der Waals surface area (Å²) in [6.07, 6.45) is 0.178. The van der Waals surface area contributed by atoms with Crippen LogP contribution in [0.5, 0.6) is 5.75 Å². The van der Waals surface area contributed by atoms with Crippen LogP contribution in [-0.2, 0) is 6.42 Å². The van der Waals surface area contributed by atoms with Gasteiger partial charge < -0.3 is 9.84 Å². The van der Waals surface area contributed by atoms with Crippen LogP contribution >= 0.6 is 23.2 Å². The van der Waals surface area contributed by atoms with Gasteiger partial charge in [0.2, 0.25) is 0 Å². The highest BCUT2D eigenvalue weighted by molar-refractivity contribution is 6.42. The van der Waals surface area contributed by atoms with Crippen molar-refractivity contribution in [2.45, 2.75) is 12.5 Å². The third-order valence-electron chi connectivity index (χ3n) is 3.29. The van der Waals surface area contributed by atoms with E-state index in [0.29, 0.717) is 16.7 Å². The van der Waals surface area contributed by atoms with Gasteiger partial charge in [0.1, 0.15) is 11.9 Å². The second-order valence-corrected chi connectivity index (χ2v) is 5.36. The highest BCUT2D eigenvalue weighted by atomic mass is 35.5. The second-order valence-electron chi connectivity index (χ2n) is 4.54. The Morgan fingerprint density at radius 3 is 2.53 bits per heavy atom. The smallest absolute Gasteiger partial charge is 0.122 e. The molecule has 1 N–H and O–H groups in total. The first-order valence-electron chi connectivity index (χ1n) is 6.04. The number of rotatable bonds is 2. The first-order chi connectivity index (χ1) is 9.15. The summed E-state index contributed by atoms with van der Waals surface area (Å²) in [6.45, 7) is 0.710. The van der Waals surface area contributed by atoms with E-state index in [0.717, 1.165) is 28.9 Å². The molecule has 2 aromatic rings. The van der Waals surface area contributed by atoms with Crippen molar-refractivity contribution in [2.75, 3.05) is 6.61 Å². The zero-order chi connectivity index (χ0) is 13.4. The van der Waals surface area contributed by atoms with Crippen LogP contribution in [0.3, 0.4) is 0 Å². The highest BCUT2D eigenvalue weighted by Crippen LogP contribution is 2.32. The Hall–Kier alpha value is -1.22. The number of hydrogen-bond donors (Lipinski definition) is 1. The van der Waals surface area contributed by atoms with Crippen LogP contribution in [0.1, 0.15) is 22.8 Å². The fourth-order valence-corrected chi connectivity index (χ4v) is 2.56. The first-order valence-corrected chi connectivity index (χ1v) is 6.79. The lowest BCUT2D eigenvalue weighted by atomic mass is 9.99. The normalized spacial score (nSPS) is 14.9. The van der Waals surface area contributed by atoms with E-state index in [1.54, 1.807) is 18.2 Å². The van der Waals surface area contributed by atoms with E-state index in [4.69, 9.17) is 27.9 Å². The Bertz CT molecular complexity index is 626. The van der Waals surface area contributed by atoms with Crippen LogP contribution in [0.15, 0.2) is 36.4 Å². The molecule has 0 saturated heterocycles. The molecule has 0 fully saturated rings. The standard InChI is InChI=1S/C15H12Cl2O2/c16-12-3-1-11(8-13(12)17)15(18)10-2-4-14-9(7-10)5-6-19-14/h1-4,7-8,15,18H,5-6H2. The van der Waals surface area contributed by atoms with Crippen molar-refractivity contribution >= 4 is 23.2 Å². The summed E-state index contributed by atoms with van der Waals surface area (Å²) in [7, 11) is 0. The molecule has 19 heavy (non-hydrogen) atoms. The molecule has 0 radical (unpaired) electrons. The zero-order valence-corrected chi connectivity index (χ0v) is 11.6. The zero-order valence-electron chi connectivity index (χ0n) is 10.1. The maximum atomic E-state index is 10.4. The summed E-state index contributed by atoms with van der Waals surface area (Å²) in [5.41, 5.74) is 2.70. The Morgan fingerprint density at radius 1 is 1.00 bits per heavy atom. The molecular weight excluding hydrogens is 283 g/mol. The summed E-state index contributed by atoms with van der Waals surface area (Å²) >= 11 is 11.9. The monoisotopic (exact) mass is 294 g/mol. The molecule has 1 heterocycles. The molecule has 4 heteroatoms. The van der Waals surface area contributed by atoms with Crippen LogP contribution in [0.4, 0.5) is 0 Å². The van der Waals surface area contributed by atoms with Gasteiger partial charge in [-0.25, -0.2) is 0 Å². The Balaban J connectivity index is 1.94. The summed E-state index contributed by atoms with van der Waals surface area (Å²) in [5.74, 6) is 0.907. The molecule has 0 aromatic heterocycles. The van der Waals surface area contributed by atoms with E-state index in [1.165, 1.54) is 0 Å². The molecule has 0 aliphatic carbocycles. The maximum Gasteiger partial charge on any atom is 0.122 e. The minimum absolute atomic E-state index is 0.447. The number of fused-ring (bicyclic) bond motifs is 1. The van der Waals surface area contributed by atoms with E-state index in [-0.39, 0.29) is 0 Å². The van der Waals surface area contributed by atoms with Crippen LogP contribution < -0.4 is 4.74 Å². The lowest BCUT2D eigenvalue weighted by molar-refractivity contribution is 0.220. The molecular formula is C15H12Cl2O2. The second kappa shape index (κ2) is 5.04. The summed E-state index contributed by atoms with van der Waals surface area (Å²) < 4.78 is 5.45. The number of hydrogen-bond acceptors (Lipinski definition) is 2. The Labute approximate surface area is 121 Å². The van der Waals surface area contributed by atoms with Crippen LogP contribution in [-0.4, -0.2) is 11.7 Å². The number of benzene rings is 2. The van der Waals surface area contributed by atoms with Crippen LogP contribution in [0.25, 0.3) is 0 Å². The Morgan fingerprint density at radius 2 is 1.74 bits per heavy atom. The molecule has 0 saturated carbocycles. The molecule has 0 bridgehead atoms. The van der Waals surface area contributed by atoms with Crippen LogP contribution in [0, 0.1) is 0 Å². The first kappa shape index (κ1) is 12.8. The number of ether oxygens (including phenoxy) is 1. The van der Waals surface area contributed by atoms with Crippen molar-refractivity contribution in [3.8, 4) is 5.75 Å². The minimum atomic E-state index is -0.708. The summed E-state index contributed by atoms with van der Waals surface area (Å²) in [5, 5.41) is 11.3. The van der Waals surface area contributed by atoms with Gasteiger partial charge in [-0.3, -0.25) is 0 Å². The van der Waals surface area contributed by atoms with Crippen molar-refractivity contribution in [3.63, 3.8) is 0 Å². The third kappa shape index (κ3) is 2.44. The predicted molar refractivity (Wildman–Crippen MR) is 76.2 cm³/mol. The van der Waals surface area contributed by atoms with Gasteiger partial charge in [0.25, 0.3) is 0 Å². The topological polar surface area (TPSA) is 29.5 Å². The molecule has 0 amide bonds. The molecule has 2 aromatic carbocycles. The highest BCUT2D eigenvalue weighted by Gasteiger charge is 2.17. The fourth-order valence-electron chi connectivity index (χ4n) is 2.25. The molecule has 1 unspecified atom stereocenters. The SMILES string of the molecule is OC(c1ccc(Cl)c(Cl)c1)c1ccc2c(c1)CCO2. The Kier molecular flexibility index (Phi) is 3.40. The lowest BCUT2D eigenvalue weighted by Gasteiger charge is -2.13. The summed E-state index contributed by atoms with van der Waals surface area (Å²) in [6, 6.07) is 10.9. The van der Waals surface area contributed by atoms with E-state index in [2.05, 4.69) is 0 Å². The average Bonchev–Trinajstić information content (AvgIpc) is 2.88. The molecule has 1 aliphatic heterocycles. The number of aliphatic hydroxyl groups excluding tert-OH is 1. The van der Waals surface area contributed by atoms with Gasteiger partial charge in [0, 0.05) is 6.42 Å². The predicted octanol–water partition coefficient (Wildman–Crippen LogP) is 4.01. The quantitative estimate of drug-likeness (QED) is 0.907. The largest absolute Gasteiger partial charge is 0.493 e. The van der Waals surface area contributed by atoms with Crippen molar-refractivity contribution in [1.82, 2.24) is 0 Å². The summed E-state index contributed by atoms with van der Waals surface area (Å²) in [4.78, 5) is 0. The van der Waals surface area contributed by atoms with E-state index < -0.39 is 6.10 Å². The number of halogens is 2. The molecule has 1 aliphatic rings. The molecule has 1 atom stereocenters. The van der Waals surface area contributed by atoms with Gasteiger partial charge >= 0.3 is 0 Å². The van der Waals surface area contributed by atoms with Crippen molar-refractivity contribution in [1.29, 1.82) is 0 Å². The third-order valence-corrected chi connectivity index (χ3v) is 4.03. The minimum Gasteiger partial charge on any atom is -0.493 e. The van der Waals surface area contributed by atoms with Gasteiger partial charge in [0.05, 0.1) is 16.7 Å². The molecule has 2 nitrogen and oxygen atoms in total. The van der Waals surface area contributed by atoms with Gasteiger partial charge in [-0.05, 0) is 41.0 Å². The number of aliphatic hydroxyl groups is 1. The average molecular weight is 295 g/mol. The van der Waals surface area contributed by atoms with E-state index in [1.807, 2.05) is 18.2 Å². The maximum absolute atomic E-state index is 10.4. The van der Waals surface area contributed by atoms with Crippen molar-refractivity contribution in [2.24, 2.45) is 0 Å². The van der Waals surface area contributed by atoms with E-state index >= 15 is 0 Å². The van der Waals surface area contributed by atoms with E-state index in [9.17, 15) is 5.11 Å².